The zero-order valence-corrected chi connectivity index (χ0v) is 7.17. The molecule has 1 saturated carbocycles. The average molecular weight is 150 g/mol. The van der Waals surface area contributed by atoms with Gasteiger partial charge in [-0.3, -0.25) is 4.68 Å². The third kappa shape index (κ3) is 1.17. The molecule has 0 radical (unpaired) electrons. The molecule has 2 heteroatoms. The first kappa shape index (κ1) is 6.89. The standard InChI is InChI=1S/C9H14N2/c1-3-8-6-9(7-4-5-7)10-11(8)2/h6-7H,3-5H2,1-2H3. The quantitative estimate of drug-likeness (QED) is 0.629. The van der Waals surface area contributed by atoms with Crippen LogP contribution in [0, 0.1) is 0 Å². The highest BCUT2D eigenvalue weighted by molar-refractivity contribution is 5.18. The smallest absolute Gasteiger partial charge is 0.0658 e. The molecule has 0 amide bonds. The molecule has 0 aromatic carbocycles. The Labute approximate surface area is 67.2 Å². The van der Waals surface area contributed by atoms with Gasteiger partial charge in [-0.1, -0.05) is 6.92 Å². The minimum atomic E-state index is 0.793. The van der Waals surface area contributed by atoms with Crippen molar-refractivity contribution < 1.29 is 0 Å². The number of aromatic nitrogens is 2. The number of aryl methyl sites for hydroxylation is 2. The Kier molecular flexibility index (Phi) is 1.48. The summed E-state index contributed by atoms with van der Waals surface area (Å²) in [6, 6.07) is 2.25. The summed E-state index contributed by atoms with van der Waals surface area (Å²) in [5, 5.41) is 4.46. The maximum atomic E-state index is 4.46. The molecule has 1 aliphatic rings. The van der Waals surface area contributed by atoms with Crippen molar-refractivity contribution in [1.29, 1.82) is 0 Å². The fourth-order valence-electron chi connectivity index (χ4n) is 1.44. The Morgan fingerprint density at radius 1 is 1.64 bits per heavy atom. The second-order valence-electron chi connectivity index (χ2n) is 3.31. The van der Waals surface area contributed by atoms with Gasteiger partial charge in [0, 0.05) is 18.7 Å². The van der Waals surface area contributed by atoms with Crippen molar-refractivity contribution in [3.8, 4) is 0 Å². The molecule has 0 bridgehead atoms. The summed E-state index contributed by atoms with van der Waals surface area (Å²) in [5.41, 5.74) is 2.66. The monoisotopic (exact) mass is 150 g/mol. The van der Waals surface area contributed by atoms with Gasteiger partial charge in [-0.05, 0) is 25.3 Å². The van der Waals surface area contributed by atoms with E-state index >= 15 is 0 Å². The molecule has 0 atom stereocenters. The van der Waals surface area contributed by atoms with Crippen LogP contribution in [-0.4, -0.2) is 9.78 Å². The van der Waals surface area contributed by atoms with Gasteiger partial charge in [-0.25, -0.2) is 0 Å². The molecule has 0 aliphatic heterocycles. The second-order valence-corrected chi connectivity index (χ2v) is 3.31. The highest BCUT2D eigenvalue weighted by atomic mass is 15.3. The summed E-state index contributed by atoms with van der Waals surface area (Å²) < 4.78 is 2.01. The van der Waals surface area contributed by atoms with Gasteiger partial charge >= 0.3 is 0 Å². The lowest BCUT2D eigenvalue weighted by Crippen LogP contribution is -1.95. The first-order chi connectivity index (χ1) is 5.31. The van der Waals surface area contributed by atoms with Gasteiger partial charge in [0.15, 0.2) is 0 Å². The normalized spacial score (nSPS) is 17.3. The molecule has 11 heavy (non-hydrogen) atoms. The summed E-state index contributed by atoms with van der Waals surface area (Å²) >= 11 is 0. The van der Waals surface area contributed by atoms with Crippen LogP contribution in [0.4, 0.5) is 0 Å². The Hall–Kier alpha value is -0.790. The molecule has 0 N–H and O–H groups in total. The lowest BCUT2D eigenvalue weighted by molar-refractivity contribution is 0.703. The van der Waals surface area contributed by atoms with Gasteiger partial charge in [0.05, 0.1) is 5.69 Å². The van der Waals surface area contributed by atoms with Crippen LogP contribution in [0.15, 0.2) is 6.07 Å². The van der Waals surface area contributed by atoms with Crippen LogP contribution in [0.2, 0.25) is 0 Å². The van der Waals surface area contributed by atoms with Crippen LogP contribution >= 0.6 is 0 Å². The lowest BCUT2D eigenvalue weighted by atomic mass is 10.2. The highest BCUT2D eigenvalue weighted by Gasteiger charge is 2.26. The molecule has 1 aromatic heterocycles. The molecule has 2 rings (SSSR count). The van der Waals surface area contributed by atoms with Gasteiger partial charge in [0.2, 0.25) is 0 Å². The van der Waals surface area contributed by atoms with E-state index in [0.717, 1.165) is 12.3 Å². The zero-order chi connectivity index (χ0) is 7.84. The number of rotatable bonds is 2. The largest absolute Gasteiger partial charge is 0.272 e. The Morgan fingerprint density at radius 3 is 2.82 bits per heavy atom. The minimum Gasteiger partial charge on any atom is -0.272 e. The fraction of sp³-hybridized carbons (Fsp3) is 0.667. The number of hydrogen-bond donors (Lipinski definition) is 0. The Bertz CT molecular complexity index is 259. The van der Waals surface area contributed by atoms with E-state index in [4.69, 9.17) is 0 Å². The summed E-state index contributed by atoms with van der Waals surface area (Å²) in [6.07, 6.45) is 3.79. The fourth-order valence-corrected chi connectivity index (χ4v) is 1.44. The van der Waals surface area contributed by atoms with Gasteiger partial charge in [0.1, 0.15) is 0 Å². The molecular weight excluding hydrogens is 136 g/mol. The van der Waals surface area contributed by atoms with Crippen molar-refractivity contribution in [2.45, 2.75) is 32.1 Å². The maximum absolute atomic E-state index is 4.46. The molecule has 1 fully saturated rings. The second kappa shape index (κ2) is 2.36. The molecule has 0 unspecified atom stereocenters. The van der Waals surface area contributed by atoms with Gasteiger partial charge < -0.3 is 0 Å². The topological polar surface area (TPSA) is 17.8 Å². The number of nitrogens with zero attached hydrogens (tertiary/aromatic N) is 2. The van der Waals surface area contributed by atoms with Gasteiger partial charge in [0.25, 0.3) is 0 Å². The predicted octanol–water partition coefficient (Wildman–Crippen LogP) is 1.86. The first-order valence-corrected chi connectivity index (χ1v) is 4.34. The molecular formula is C9H14N2. The third-order valence-corrected chi connectivity index (χ3v) is 2.35. The molecule has 2 nitrogen and oxygen atoms in total. The first-order valence-electron chi connectivity index (χ1n) is 4.34. The zero-order valence-electron chi connectivity index (χ0n) is 7.17. The van der Waals surface area contributed by atoms with E-state index in [1.54, 1.807) is 0 Å². The van der Waals surface area contributed by atoms with Crippen LogP contribution in [0.5, 0.6) is 0 Å². The van der Waals surface area contributed by atoms with E-state index in [9.17, 15) is 0 Å². The van der Waals surface area contributed by atoms with Crippen LogP contribution in [0.3, 0.4) is 0 Å². The van der Waals surface area contributed by atoms with E-state index in [1.807, 2.05) is 11.7 Å². The van der Waals surface area contributed by atoms with Crippen LogP contribution in [0.25, 0.3) is 0 Å². The van der Waals surface area contributed by atoms with E-state index in [2.05, 4.69) is 18.1 Å². The van der Waals surface area contributed by atoms with Gasteiger partial charge in [-0.15, -0.1) is 0 Å². The van der Waals surface area contributed by atoms with E-state index in [-0.39, 0.29) is 0 Å². The molecule has 1 aromatic rings. The predicted molar refractivity (Wildman–Crippen MR) is 44.6 cm³/mol. The maximum Gasteiger partial charge on any atom is 0.0658 e. The van der Waals surface area contributed by atoms with E-state index in [0.29, 0.717) is 0 Å². The van der Waals surface area contributed by atoms with E-state index < -0.39 is 0 Å². The summed E-state index contributed by atoms with van der Waals surface area (Å²) in [7, 11) is 2.03. The van der Waals surface area contributed by atoms with Gasteiger partial charge in [-0.2, -0.15) is 5.10 Å². The van der Waals surface area contributed by atoms with Crippen LogP contribution in [-0.2, 0) is 13.5 Å². The summed E-state index contributed by atoms with van der Waals surface area (Å²) in [6.45, 7) is 2.17. The number of hydrogen-bond acceptors (Lipinski definition) is 1. The molecule has 0 saturated heterocycles. The molecule has 1 heterocycles. The van der Waals surface area contributed by atoms with Crippen molar-refractivity contribution in [2.75, 3.05) is 0 Å². The third-order valence-electron chi connectivity index (χ3n) is 2.35. The minimum absolute atomic E-state index is 0.793. The van der Waals surface area contributed by atoms with Crippen LogP contribution in [0.1, 0.15) is 37.1 Å². The highest BCUT2D eigenvalue weighted by Crippen LogP contribution is 2.39. The average Bonchev–Trinajstić information content (AvgIpc) is 2.76. The van der Waals surface area contributed by atoms with Crippen molar-refractivity contribution in [2.24, 2.45) is 7.05 Å². The van der Waals surface area contributed by atoms with E-state index in [1.165, 1.54) is 24.2 Å². The Morgan fingerprint density at radius 2 is 2.36 bits per heavy atom. The van der Waals surface area contributed by atoms with Crippen LogP contribution < -0.4 is 0 Å². The molecule has 0 spiro atoms. The Balaban J connectivity index is 2.28. The summed E-state index contributed by atoms with van der Waals surface area (Å²) in [4.78, 5) is 0. The van der Waals surface area contributed by atoms with Crippen molar-refractivity contribution in [3.63, 3.8) is 0 Å². The molecule has 1 aliphatic carbocycles. The molecule has 60 valence electrons. The lowest BCUT2D eigenvalue weighted by Gasteiger charge is -1.93. The van der Waals surface area contributed by atoms with Crippen molar-refractivity contribution in [1.82, 2.24) is 9.78 Å². The SMILES string of the molecule is CCc1cc(C2CC2)nn1C. The summed E-state index contributed by atoms with van der Waals surface area (Å²) in [5.74, 6) is 0.793. The van der Waals surface area contributed by atoms with Crippen molar-refractivity contribution >= 4 is 0 Å². The van der Waals surface area contributed by atoms with Crippen molar-refractivity contribution in [3.05, 3.63) is 17.5 Å².